The van der Waals surface area contributed by atoms with Crippen molar-refractivity contribution in [3.05, 3.63) is 24.3 Å². The first-order valence-corrected chi connectivity index (χ1v) is 7.85. The molecule has 0 N–H and O–H groups in total. The van der Waals surface area contributed by atoms with E-state index in [0.717, 1.165) is 37.1 Å². The van der Waals surface area contributed by atoms with E-state index in [0.29, 0.717) is 13.0 Å². The number of amides is 2. The average molecular weight is 286 g/mol. The third kappa shape index (κ3) is 2.67. The van der Waals surface area contributed by atoms with Crippen molar-refractivity contribution >= 4 is 23.2 Å². The lowest BCUT2D eigenvalue weighted by Crippen LogP contribution is -2.37. The van der Waals surface area contributed by atoms with Gasteiger partial charge in [0, 0.05) is 25.9 Å². The number of nitrogens with zero attached hydrogens (tertiary/aromatic N) is 2. The third-order valence-electron chi connectivity index (χ3n) is 4.68. The zero-order chi connectivity index (χ0) is 14.8. The maximum Gasteiger partial charge on any atom is 0.230 e. The summed E-state index contributed by atoms with van der Waals surface area (Å²) in [6.07, 6.45) is 5.89. The van der Waals surface area contributed by atoms with Gasteiger partial charge >= 0.3 is 0 Å². The Labute approximate surface area is 125 Å². The number of carbonyl (C=O) groups excluding carboxylic acids is 2. The fourth-order valence-electron chi connectivity index (χ4n) is 3.40. The topological polar surface area (TPSA) is 40.6 Å². The molecule has 2 amide bonds. The lowest BCUT2D eigenvalue weighted by molar-refractivity contribution is -0.123. The van der Waals surface area contributed by atoms with Crippen molar-refractivity contribution in [1.82, 2.24) is 0 Å². The number of hydrogen-bond donors (Lipinski definition) is 0. The van der Waals surface area contributed by atoms with Gasteiger partial charge in [0.15, 0.2) is 0 Å². The predicted molar refractivity (Wildman–Crippen MR) is 83.4 cm³/mol. The van der Waals surface area contributed by atoms with Crippen molar-refractivity contribution in [2.75, 3.05) is 23.4 Å². The summed E-state index contributed by atoms with van der Waals surface area (Å²) in [4.78, 5) is 28.5. The van der Waals surface area contributed by atoms with E-state index in [-0.39, 0.29) is 17.7 Å². The Hall–Kier alpha value is -1.84. The zero-order valence-corrected chi connectivity index (χ0v) is 12.5. The van der Waals surface area contributed by atoms with E-state index in [1.165, 1.54) is 6.42 Å². The minimum absolute atomic E-state index is 0.0707. The molecule has 2 aliphatic rings. The van der Waals surface area contributed by atoms with Crippen LogP contribution in [0.5, 0.6) is 0 Å². The number of fused-ring (bicyclic) bond motifs is 1. The molecular formula is C17H22N2O2. The first-order chi connectivity index (χ1) is 10.2. The first-order valence-electron chi connectivity index (χ1n) is 7.85. The van der Waals surface area contributed by atoms with Crippen LogP contribution in [-0.4, -0.2) is 25.4 Å². The van der Waals surface area contributed by atoms with Crippen molar-refractivity contribution in [3.8, 4) is 0 Å². The number of para-hydroxylation sites is 2. The summed E-state index contributed by atoms with van der Waals surface area (Å²) in [5.41, 5.74) is 1.71. The highest BCUT2D eigenvalue weighted by Crippen LogP contribution is 2.34. The Morgan fingerprint density at radius 2 is 1.76 bits per heavy atom. The van der Waals surface area contributed by atoms with Crippen LogP contribution in [-0.2, 0) is 9.59 Å². The summed E-state index contributed by atoms with van der Waals surface area (Å²) < 4.78 is 0. The van der Waals surface area contributed by atoms with Crippen molar-refractivity contribution < 1.29 is 9.59 Å². The second-order valence-corrected chi connectivity index (χ2v) is 6.02. The lowest BCUT2D eigenvalue weighted by atomic mass is 9.88. The van der Waals surface area contributed by atoms with Crippen molar-refractivity contribution in [3.63, 3.8) is 0 Å². The molecular weight excluding hydrogens is 264 g/mol. The van der Waals surface area contributed by atoms with E-state index in [1.54, 1.807) is 11.9 Å². The highest BCUT2D eigenvalue weighted by Gasteiger charge is 2.31. The van der Waals surface area contributed by atoms with Crippen LogP contribution in [0.1, 0.15) is 38.5 Å². The molecule has 1 fully saturated rings. The Morgan fingerprint density at radius 1 is 1.10 bits per heavy atom. The van der Waals surface area contributed by atoms with Crippen molar-refractivity contribution in [1.29, 1.82) is 0 Å². The Bertz CT molecular complexity index is 549. The molecule has 0 unspecified atom stereocenters. The molecule has 1 aliphatic heterocycles. The molecule has 0 radical (unpaired) electrons. The Morgan fingerprint density at radius 3 is 2.48 bits per heavy atom. The van der Waals surface area contributed by atoms with Crippen LogP contribution in [0.4, 0.5) is 11.4 Å². The summed E-state index contributed by atoms with van der Waals surface area (Å²) in [5, 5.41) is 0. The molecule has 112 valence electrons. The van der Waals surface area contributed by atoms with Crippen LogP contribution in [0.3, 0.4) is 0 Å². The fourth-order valence-corrected chi connectivity index (χ4v) is 3.40. The largest absolute Gasteiger partial charge is 0.313 e. The highest BCUT2D eigenvalue weighted by molar-refractivity contribution is 6.05. The Kier molecular flexibility index (Phi) is 3.95. The van der Waals surface area contributed by atoms with E-state index in [4.69, 9.17) is 0 Å². The molecule has 4 heteroatoms. The summed E-state index contributed by atoms with van der Waals surface area (Å²) in [7, 11) is 1.79. The van der Waals surface area contributed by atoms with E-state index in [9.17, 15) is 9.59 Å². The quantitative estimate of drug-likeness (QED) is 0.796. The van der Waals surface area contributed by atoms with Crippen molar-refractivity contribution in [2.45, 2.75) is 38.5 Å². The maximum absolute atomic E-state index is 12.9. The fraction of sp³-hybridized carbons (Fsp3) is 0.529. The van der Waals surface area contributed by atoms with Crippen LogP contribution >= 0.6 is 0 Å². The van der Waals surface area contributed by atoms with Gasteiger partial charge in [-0.3, -0.25) is 9.59 Å². The summed E-state index contributed by atoms with van der Waals surface area (Å²) in [6, 6.07) is 7.71. The van der Waals surface area contributed by atoms with Crippen LogP contribution in [0, 0.1) is 5.92 Å². The molecule has 1 saturated carbocycles. The predicted octanol–water partition coefficient (Wildman–Crippen LogP) is 2.97. The van der Waals surface area contributed by atoms with Gasteiger partial charge in [0.25, 0.3) is 0 Å². The van der Waals surface area contributed by atoms with Gasteiger partial charge in [-0.15, -0.1) is 0 Å². The molecule has 0 atom stereocenters. The van der Waals surface area contributed by atoms with Crippen LogP contribution in [0.15, 0.2) is 24.3 Å². The number of rotatable bonds is 1. The first kappa shape index (κ1) is 14.1. The van der Waals surface area contributed by atoms with E-state index < -0.39 is 0 Å². The summed E-state index contributed by atoms with van der Waals surface area (Å²) in [6.45, 7) is 0.496. The van der Waals surface area contributed by atoms with Crippen LogP contribution in [0.25, 0.3) is 0 Å². The molecule has 0 bridgehead atoms. The second kappa shape index (κ2) is 5.88. The van der Waals surface area contributed by atoms with E-state index >= 15 is 0 Å². The molecule has 4 nitrogen and oxygen atoms in total. The standard InChI is InChI=1S/C17H22N2O2/c1-18-14-9-5-6-10-15(14)19(12-11-16(18)20)17(21)13-7-3-2-4-8-13/h5-6,9-10,13H,2-4,7-8,11-12H2,1H3. The molecule has 1 aromatic carbocycles. The van der Waals surface area contributed by atoms with Gasteiger partial charge in [-0.1, -0.05) is 31.4 Å². The van der Waals surface area contributed by atoms with E-state index in [2.05, 4.69) is 0 Å². The van der Waals surface area contributed by atoms with Gasteiger partial charge in [0.1, 0.15) is 0 Å². The number of anilines is 2. The van der Waals surface area contributed by atoms with Crippen molar-refractivity contribution in [2.24, 2.45) is 5.92 Å². The minimum atomic E-state index is 0.0707. The van der Waals surface area contributed by atoms with Gasteiger partial charge in [0.2, 0.25) is 11.8 Å². The molecule has 0 aromatic heterocycles. The molecule has 0 saturated heterocycles. The monoisotopic (exact) mass is 286 g/mol. The average Bonchev–Trinajstić information content (AvgIpc) is 2.66. The third-order valence-corrected chi connectivity index (χ3v) is 4.68. The van der Waals surface area contributed by atoms with E-state index in [1.807, 2.05) is 29.2 Å². The smallest absolute Gasteiger partial charge is 0.230 e. The van der Waals surface area contributed by atoms with Crippen LogP contribution < -0.4 is 9.80 Å². The maximum atomic E-state index is 12.9. The van der Waals surface area contributed by atoms with Gasteiger partial charge in [-0.05, 0) is 25.0 Å². The number of hydrogen-bond acceptors (Lipinski definition) is 2. The molecule has 3 rings (SSSR count). The zero-order valence-electron chi connectivity index (χ0n) is 12.5. The molecule has 1 aliphatic carbocycles. The summed E-state index contributed by atoms with van der Waals surface area (Å²) >= 11 is 0. The van der Waals surface area contributed by atoms with Gasteiger partial charge in [0.05, 0.1) is 11.4 Å². The molecule has 0 spiro atoms. The van der Waals surface area contributed by atoms with Gasteiger partial charge in [-0.25, -0.2) is 0 Å². The molecule has 1 heterocycles. The Balaban J connectivity index is 1.93. The number of benzene rings is 1. The van der Waals surface area contributed by atoms with Crippen LogP contribution in [0.2, 0.25) is 0 Å². The molecule has 21 heavy (non-hydrogen) atoms. The van der Waals surface area contributed by atoms with Gasteiger partial charge < -0.3 is 9.80 Å². The highest BCUT2D eigenvalue weighted by atomic mass is 16.2. The minimum Gasteiger partial charge on any atom is -0.313 e. The second-order valence-electron chi connectivity index (χ2n) is 6.02. The SMILES string of the molecule is CN1C(=O)CCN(C(=O)C2CCCCC2)c2ccccc21. The summed E-state index contributed by atoms with van der Waals surface area (Å²) in [5.74, 6) is 0.400. The molecule has 1 aromatic rings. The normalized spacial score (nSPS) is 20.1. The number of carbonyl (C=O) groups is 2. The lowest BCUT2D eigenvalue weighted by Gasteiger charge is -2.29. The van der Waals surface area contributed by atoms with Gasteiger partial charge in [-0.2, -0.15) is 0 Å².